The van der Waals surface area contributed by atoms with Crippen molar-refractivity contribution in [2.24, 2.45) is 11.3 Å². The van der Waals surface area contributed by atoms with E-state index >= 15 is 0 Å². The first-order valence-electron chi connectivity index (χ1n) is 7.93. The van der Waals surface area contributed by atoms with E-state index in [1.807, 2.05) is 0 Å². The predicted octanol–water partition coefficient (Wildman–Crippen LogP) is 4.76. The van der Waals surface area contributed by atoms with Gasteiger partial charge in [-0.2, -0.15) is 0 Å². The summed E-state index contributed by atoms with van der Waals surface area (Å²) in [5, 5.41) is 3.68. The van der Waals surface area contributed by atoms with E-state index in [1.165, 1.54) is 70.9 Å². The summed E-state index contributed by atoms with van der Waals surface area (Å²) in [5.41, 5.74) is 0.550. The Hall–Kier alpha value is -0.0400. The molecule has 1 nitrogen and oxygen atoms in total. The first-order valence-corrected chi connectivity index (χ1v) is 7.93. The highest BCUT2D eigenvalue weighted by Gasteiger charge is 2.32. The van der Waals surface area contributed by atoms with E-state index in [-0.39, 0.29) is 0 Å². The summed E-state index contributed by atoms with van der Waals surface area (Å²) < 4.78 is 0. The lowest BCUT2D eigenvalue weighted by Crippen LogP contribution is -2.38. The third kappa shape index (κ3) is 4.99. The fourth-order valence-electron chi connectivity index (χ4n) is 3.53. The van der Waals surface area contributed by atoms with Crippen LogP contribution in [0.1, 0.15) is 78.6 Å². The normalized spacial score (nSPS) is 22.1. The summed E-state index contributed by atoms with van der Waals surface area (Å²) >= 11 is 0. The molecule has 0 aromatic heterocycles. The van der Waals surface area contributed by atoms with E-state index in [0.717, 1.165) is 5.92 Å². The molecule has 17 heavy (non-hydrogen) atoms. The Balaban J connectivity index is 2.53. The van der Waals surface area contributed by atoms with E-state index in [1.54, 1.807) is 0 Å². The highest BCUT2D eigenvalue weighted by atomic mass is 14.9. The first-order chi connectivity index (χ1) is 8.23. The van der Waals surface area contributed by atoms with Gasteiger partial charge in [0.1, 0.15) is 0 Å². The Morgan fingerprint density at radius 1 is 1.00 bits per heavy atom. The van der Waals surface area contributed by atoms with Crippen LogP contribution in [0.2, 0.25) is 0 Å². The fraction of sp³-hybridized carbons (Fsp3) is 1.00. The van der Waals surface area contributed by atoms with Crippen molar-refractivity contribution in [2.45, 2.75) is 78.6 Å². The van der Waals surface area contributed by atoms with Gasteiger partial charge in [-0.3, -0.25) is 0 Å². The van der Waals surface area contributed by atoms with Crippen molar-refractivity contribution in [3.05, 3.63) is 0 Å². The summed E-state index contributed by atoms with van der Waals surface area (Å²) in [6.07, 6.45) is 12.8. The summed E-state index contributed by atoms with van der Waals surface area (Å²) in [6, 6.07) is 0. The van der Waals surface area contributed by atoms with Crippen LogP contribution in [0.3, 0.4) is 0 Å². The second-order valence-electron chi connectivity index (χ2n) is 6.27. The summed E-state index contributed by atoms with van der Waals surface area (Å²) in [6.45, 7) is 9.56. The smallest absolute Gasteiger partial charge is 0.000781 e. The second-order valence-corrected chi connectivity index (χ2v) is 6.27. The second kappa shape index (κ2) is 8.13. The van der Waals surface area contributed by atoms with Crippen molar-refractivity contribution < 1.29 is 0 Å². The van der Waals surface area contributed by atoms with Gasteiger partial charge in [0, 0.05) is 6.54 Å². The van der Waals surface area contributed by atoms with Gasteiger partial charge in [0.25, 0.3) is 0 Å². The highest BCUT2D eigenvalue weighted by Crippen LogP contribution is 2.40. The molecule has 0 bridgehead atoms. The zero-order chi connectivity index (χ0) is 12.6. The minimum atomic E-state index is 0.550. The molecule has 1 rings (SSSR count). The SMILES string of the molecule is CCCNCC(C)(CCC)C1CCCCCC1. The summed E-state index contributed by atoms with van der Waals surface area (Å²) in [5.74, 6) is 0.967. The molecule has 1 saturated carbocycles. The molecule has 0 radical (unpaired) electrons. The Morgan fingerprint density at radius 3 is 2.18 bits per heavy atom. The minimum Gasteiger partial charge on any atom is -0.316 e. The van der Waals surface area contributed by atoms with Gasteiger partial charge in [0.05, 0.1) is 0 Å². The van der Waals surface area contributed by atoms with E-state index in [2.05, 4.69) is 26.1 Å². The van der Waals surface area contributed by atoms with Crippen LogP contribution in [0.4, 0.5) is 0 Å². The van der Waals surface area contributed by atoms with Gasteiger partial charge in [-0.25, -0.2) is 0 Å². The van der Waals surface area contributed by atoms with Crippen LogP contribution in [0.15, 0.2) is 0 Å². The maximum Gasteiger partial charge on any atom is 0.000781 e. The molecule has 0 aromatic rings. The van der Waals surface area contributed by atoms with Crippen LogP contribution in [-0.2, 0) is 0 Å². The minimum absolute atomic E-state index is 0.550. The molecule has 1 unspecified atom stereocenters. The lowest BCUT2D eigenvalue weighted by atomic mass is 9.70. The van der Waals surface area contributed by atoms with Gasteiger partial charge in [-0.1, -0.05) is 52.9 Å². The Morgan fingerprint density at radius 2 is 1.65 bits per heavy atom. The number of hydrogen-bond acceptors (Lipinski definition) is 1. The van der Waals surface area contributed by atoms with Crippen LogP contribution >= 0.6 is 0 Å². The lowest BCUT2D eigenvalue weighted by molar-refractivity contribution is 0.144. The third-order valence-corrected chi connectivity index (χ3v) is 4.62. The average Bonchev–Trinajstić information content (AvgIpc) is 2.58. The predicted molar refractivity (Wildman–Crippen MR) is 77.4 cm³/mol. The van der Waals surface area contributed by atoms with E-state index in [9.17, 15) is 0 Å². The van der Waals surface area contributed by atoms with Crippen LogP contribution in [0.5, 0.6) is 0 Å². The zero-order valence-electron chi connectivity index (χ0n) is 12.4. The van der Waals surface area contributed by atoms with Crippen molar-refractivity contribution in [3.63, 3.8) is 0 Å². The molecule has 0 amide bonds. The van der Waals surface area contributed by atoms with Gasteiger partial charge >= 0.3 is 0 Å². The molecular formula is C16H33N. The van der Waals surface area contributed by atoms with Gasteiger partial charge < -0.3 is 5.32 Å². The standard InChI is InChI=1S/C16H33N/c1-4-12-16(3,14-17-13-5-2)15-10-8-6-7-9-11-15/h15,17H,4-14H2,1-3H3. The van der Waals surface area contributed by atoms with E-state index in [0.29, 0.717) is 5.41 Å². The zero-order valence-corrected chi connectivity index (χ0v) is 12.4. The maximum atomic E-state index is 3.68. The molecule has 1 aliphatic rings. The number of hydrogen-bond donors (Lipinski definition) is 1. The van der Waals surface area contributed by atoms with Crippen LogP contribution in [0, 0.1) is 11.3 Å². The van der Waals surface area contributed by atoms with Gasteiger partial charge in [-0.15, -0.1) is 0 Å². The largest absolute Gasteiger partial charge is 0.316 e. The molecule has 1 aliphatic carbocycles. The molecule has 0 heterocycles. The lowest BCUT2D eigenvalue weighted by Gasteiger charge is -2.38. The van der Waals surface area contributed by atoms with Crippen molar-refractivity contribution >= 4 is 0 Å². The Bertz CT molecular complexity index is 182. The molecule has 0 aliphatic heterocycles. The Kier molecular flexibility index (Phi) is 7.18. The highest BCUT2D eigenvalue weighted by molar-refractivity contribution is 4.85. The van der Waals surface area contributed by atoms with Crippen LogP contribution in [0.25, 0.3) is 0 Å². The topological polar surface area (TPSA) is 12.0 Å². The van der Waals surface area contributed by atoms with Gasteiger partial charge in [-0.05, 0) is 43.6 Å². The molecule has 102 valence electrons. The van der Waals surface area contributed by atoms with E-state index in [4.69, 9.17) is 0 Å². The summed E-state index contributed by atoms with van der Waals surface area (Å²) in [4.78, 5) is 0. The van der Waals surface area contributed by atoms with Crippen molar-refractivity contribution in [2.75, 3.05) is 13.1 Å². The molecule has 1 fully saturated rings. The average molecular weight is 239 g/mol. The van der Waals surface area contributed by atoms with E-state index < -0.39 is 0 Å². The van der Waals surface area contributed by atoms with Crippen molar-refractivity contribution in [1.82, 2.24) is 5.32 Å². The van der Waals surface area contributed by atoms with Crippen LogP contribution < -0.4 is 5.32 Å². The molecule has 1 atom stereocenters. The Labute approximate surface area is 109 Å². The quantitative estimate of drug-likeness (QED) is 0.499. The molecule has 1 heteroatoms. The third-order valence-electron chi connectivity index (χ3n) is 4.62. The first kappa shape index (κ1) is 15.0. The molecule has 0 spiro atoms. The summed E-state index contributed by atoms with van der Waals surface area (Å²) in [7, 11) is 0. The van der Waals surface area contributed by atoms with Gasteiger partial charge in [0.15, 0.2) is 0 Å². The molecule has 0 aromatic carbocycles. The monoisotopic (exact) mass is 239 g/mol. The van der Waals surface area contributed by atoms with Crippen molar-refractivity contribution in [1.29, 1.82) is 0 Å². The van der Waals surface area contributed by atoms with Crippen molar-refractivity contribution in [3.8, 4) is 0 Å². The fourth-order valence-corrected chi connectivity index (χ4v) is 3.53. The molecular weight excluding hydrogens is 206 g/mol. The number of nitrogens with one attached hydrogen (secondary N) is 1. The molecule has 1 N–H and O–H groups in total. The van der Waals surface area contributed by atoms with Crippen LogP contribution in [-0.4, -0.2) is 13.1 Å². The maximum absolute atomic E-state index is 3.68. The molecule has 0 saturated heterocycles. The number of rotatable bonds is 7. The van der Waals surface area contributed by atoms with Gasteiger partial charge in [0.2, 0.25) is 0 Å².